The zero-order valence-corrected chi connectivity index (χ0v) is 12.1. The lowest BCUT2D eigenvalue weighted by Gasteiger charge is -2.18. The van der Waals surface area contributed by atoms with E-state index in [-0.39, 0.29) is 5.91 Å². The van der Waals surface area contributed by atoms with Crippen LogP contribution in [-0.4, -0.2) is 22.8 Å². The summed E-state index contributed by atoms with van der Waals surface area (Å²) >= 11 is 5.81. The molecule has 0 aliphatic heterocycles. The summed E-state index contributed by atoms with van der Waals surface area (Å²) in [4.78, 5) is 16.7. The standard InChI is InChI=1S/C15H17ClN2O/c1-10-4-5-12(11(2)6-10)9-18(3)15(19)14-7-13(16)8-17-14/h4-8,17H,9H2,1-3H3. The van der Waals surface area contributed by atoms with Gasteiger partial charge < -0.3 is 9.88 Å². The minimum atomic E-state index is -0.0631. The van der Waals surface area contributed by atoms with E-state index in [1.807, 2.05) is 0 Å². The number of carbonyl (C=O) groups is 1. The van der Waals surface area contributed by atoms with Crippen molar-refractivity contribution in [2.24, 2.45) is 0 Å². The summed E-state index contributed by atoms with van der Waals surface area (Å²) in [6, 6.07) is 7.89. The lowest BCUT2D eigenvalue weighted by molar-refractivity contribution is 0.0780. The van der Waals surface area contributed by atoms with Crippen molar-refractivity contribution >= 4 is 17.5 Å². The fraction of sp³-hybridized carbons (Fsp3) is 0.267. The second kappa shape index (κ2) is 5.49. The van der Waals surface area contributed by atoms with Crippen LogP contribution in [0.25, 0.3) is 0 Å². The van der Waals surface area contributed by atoms with E-state index < -0.39 is 0 Å². The van der Waals surface area contributed by atoms with Crippen molar-refractivity contribution in [2.45, 2.75) is 20.4 Å². The van der Waals surface area contributed by atoms with Gasteiger partial charge in [0.15, 0.2) is 0 Å². The molecule has 2 aromatic rings. The maximum Gasteiger partial charge on any atom is 0.270 e. The van der Waals surface area contributed by atoms with Gasteiger partial charge in [0.2, 0.25) is 0 Å². The smallest absolute Gasteiger partial charge is 0.270 e. The third kappa shape index (κ3) is 3.18. The number of hydrogen-bond donors (Lipinski definition) is 1. The monoisotopic (exact) mass is 276 g/mol. The fourth-order valence-corrected chi connectivity index (χ4v) is 2.21. The van der Waals surface area contributed by atoms with Crippen LogP contribution in [0.15, 0.2) is 30.5 Å². The maximum absolute atomic E-state index is 12.2. The molecule has 1 heterocycles. The van der Waals surface area contributed by atoms with Crippen LogP contribution in [0.1, 0.15) is 27.2 Å². The first-order valence-electron chi connectivity index (χ1n) is 6.13. The largest absolute Gasteiger partial charge is 0.356 e. The summed E-state index contributed by atoms with van der Waals surface area (Å²) in [6.07, 6.45) is 1.61. The lowest BCUT2D eigenvalue weighted by Crippen LogP contribution is -2.26. The van der Waals surface area contributed by atoms with E-state index in [0.29, 0.717) is 17.3 Å². The molecule has 100 valence electrons. The van der Waals surface area contributed by atoms with Gasteiger partial charge >= 0.3 is 0 Å². The molecular weight excluding hydrogens is 260 g/mol. The third-order valence-electron chi connectivity index (χ3n) is 3.13. The van der Waals surface area contributed by atoms with Gasteiger partial charge in [0, 0.05) is 19.8 Å². The molecule has 0 saturated carbocycles. The van der Waals surface area contributed by atoms with Crippen molar-refractivity contribution in [3.8, 4) is 0 Å². The summed E-state index contributed by atoms with van der Waals surface area (Å²) in [5.74, 6) is -0.0631. The Morgan fingerprint density at radius 2 is 2.05 bits per heavy atom. The minimum Gasteiger partial charge on any atom is -0.356 e. The SMILES string of the molecule is Cc1ccc(CN(C)C(=O)c2cc(Cl)c[nH]2)c(C)c1. The molecule has 19 heavy (non-hydrogen) atoms. The predicted molar refractivity (Wildman–Crippen MR) is 77.5 cm³/mol. The summed E-state index contributed by atoms with van der Waals surface area (Å²) in [6.45, 7) is 4.71. The van der Waals surface area contributed by atoms with Gasteiger partial charge in [-0.25, -0.2) is 0 Å². The molecule has 1 aromatic heterocycles. The molecular formula is C15H17ClN2O. The van der Waals surface area contributed by atoms with Crippen LogP contribution < -0.4 is 0 Å². The number of aromatic amines is 1. The number of aryl methyl sites for hydroxylation is 2. The first-order valence-corrected chi connectivity index (χ1v) is 6.50. The first-order chi connectivity index (χ1) is 8.97. The van der Waals surface area contributed by atoms with Crippen LogP contribution in [0, 0.1) is 13.8 Å². The number of benzene rings is 1. The molecule has 4 heteroatoms. The Kier molecular flexibility index (Phi) is 3.96. The van der Waals surface area contributed by atoms with E-state index in [2.05, 4.69) is 37.0 Å². The molecule has 0 saturated heterocycles. The van der Waals surface area contributed by atoms with Crippen LogP contribution in [0.4, 0.5) is 0 Å². The Morgan fingerprint density at radius 1 is 1.32 bits per heavy atom. The molecule has 0 radical (unpaired) electrons. The second-order valence-corrected chi connectivity index (χ2v) is 5.26. The first kappa shape index (κ1) is 13.7. The number of rotatable bonds is 3. The van der Waals surface area contributed by atoms with Crippen molar-refractivity contribution in [3.63, 3.8) is 0 Å². The number of H-pyrrole nitrogens is 1. The van der Waals surface area contributed by atoms with E-state index in [4.69, 9.17) is 11.6 Å². The Morgan fingerprint density at radius 3 is 2.63 bits per heavy atom. The number of nitrogens with one attached hydrogen (secondary N) is 1. The average molecular weight is 277 g/mol. The second-order valence-electron chi connectivity index (χ2n) is 4.82. The molecule has 1 N–H and O–H groups in total. The summed E-state index contributed by atoms with van der Waals surface area (Å²) < 4.78 is 0. The van der Waals surface area contributed by atoms with Crippen molar-refractivity contribution in [3.05, 3.63) is 57.9 Å². The van der Waals surface area contributed by atoms with Gasteiger partial charge in [-0.1, -0.05) is 35.4 Å². The molecule has 1 amide bonds. The molecule has 3 nitrogen and oxygen atoms in total. The van der Waals surface area contributed by atoms with Crippen LogP contribution in [0.5, 0.6) is 0 Å². The molecule has 0 aliphatic carbocycles. The van der Waals surface area contributed by atoms with Gasteiger partial charge in [0.1, 0.15) is 5.69 Å². The predicted octanol–water partition coefficient (Wildman–Crippen LogP) is 3.56. The van der Waals surface area contributed by atoms with Gasteiger partial charge in [0.25, 0.3) is 5.91 Å². The van der Waals surface area contributed by atoms with Crippen molar-refractivity contribution in [1.29, 1.82) is 0 Å². The Labute approximate surface area is 118 Å². The molecule has 1 aromatic carbocycles. The fourth-order valence-electron chi connectivity index (χ4n) is 2.05. The number of carbonyl (C=O) groups excluding carboxylic acids is 1. The summed E-state index contributed by atoms with van der Waals surface area (Å²) in [5, 5.41) is 0.545. The van der Waals surface area contributed by atoms with Crippen molar-refractivity contribution < 1.29 is 4.79 Å². The highest BCUT2D eigenvalue weighted by molar-refractivity contribution is 6.30. The molecule has 0 atom stereocenters. The zero-order valence-electron chi connectivity index (χ0n) is 11.3. The highest BCUT2D eigenvalue weighted by Crippen LogP contribution is 2.15. The summed E-state index contributed by atoms with van der Waals surface area (Å²) in [5.41, 5.74) is 4.09. The van der Waals surface area contributed by atoms with E-state index in [0.717, 1.165) is 5.56 Å². The lowest BCUT2D eigenvalue weighted by atomic mass is 10.1. The van der Waals surface area contributed by atoms with Crippen molar-refractivity contribution in [2.75, 3.05) is 7.05 Å². The zero-order chi connectivity index (χ0) is 14.0. The maximum atomic E-state index is 12.2. The van der Waals surface area contributed by atoms with Crippen molar-refractivity contribution in [1.82, 2.24) is 9.88 Å². The number of amides is 1. The number of nitrogens with zero attached hydrogens (tertiary/aromatic N) is 1. The Balaban J connectivity index is 2.12. The average Bonchev–Trinajstić information content (AvgIpc) is 2.78. The molecule has 0 fully saturated rings. The van der Waals surface area contributed by atoms with Gasteiger partial charge in [-0.3, -0.25) is 4.79 Å². The molecule has 0 spiro atoms. The Bertz CT molecular complexity index is 604. The highest BCUT2D eigenvalue weighted by atomic mass is 35.5. The minimum absolute atomic E-state index is 0.0631. The highest BCUT2D eigenvalue weighted by Gasteiger charge is 2.14. The van der Waals surface area contributed by atoms with Crippen LogP contribution in [-0.2, 0) is 6.54 Å². The molecule has 0 aliphatic rings. The van der Waals surface area contributed by atoms with Crippen LogP contribution >= 0.6 is 11.6 Å². The number of halogens is 1. The van der Waals surface area contributed by atoms with Gasteiger partial charge in [0.05, 0.1) is 5.02 Å². The number of aromatic nitrogens is 1. The summed E-state index contributed by atoms with van der Waals surface area (Å²) in [7, 11) is 1.79. The van der Waals surface area contributed by atoms with Crippen LogP contribution in [0.2, 0.25) is 5.02 Å². The van der Waals surface area contributed by atoms with Gasteiger partial charge in [-0.2, -0.15) is 0 Å². The van der Waals surface area contributed by atoms with E-state index >= 15 is 0 Å². The topological polar surface area (TPSA) is 36.1 Å². The normalized spacial score (nSPS) is 10.5. The molecule has 0 bridgehead atoms. The molecule has 0 unspecified atom stereocenters. The van der Waals surface area contributed by atoms with Gasteiger partial charge in [-0.15, -0.1) is 0 Å². The Hall–Kier alpha value is -1.74. The third-order valence-corrected chi connectivity index (χ3v) is 3.35. The quantitative estimate of drug-likeness (QED) is 0.914. The molecule has 2 rings (SSSR count). The van der Waals surface area contributed by atoms with E-state index in [9.17, 15) is 4.79 Å². The van der Waals surface area contributed by atoms with Gasteiger partial charge in [-0.05, 0) is 31.0 Å². The van der Waals surface area contributed by atoms with Crippen LogP contribution in [0.3, 0.4) is 0 Å². The van der Waals surface area contributed by atoms with E-state index in [1.54, 1.807) is 24.2 Å². The number of hydrogen-bond acceptors (Lipinski definition) is 1. The van der Waals surface area contributed by atoms with E-state index in [1.165, 1.54) is 11.1 Å².